The van der Waals surface area contributed by atoms with Crippen LogP contribution in [0.15, 0.2) is 18.3 Å². The van der Waals surface area contributed by atoms with Crippen molar-refractivity contribution in [2.24, 2.45) is 5.92 Å². The van der Waals surface area contributed by atoms with E-state index in [0.29, 0.717) is 11.3 Å². The molecule has 6 nitrogen and oxygen atoms in total. The molecular formula is C18H24N2O4. The van der Waals surface area contributed by atoms with Crippen molar-refractivity contribution in [2.45, 2.75) is 52.6 Å². The van der Waals surface area contributed by atoms with Crippen molar-refractivity contribution < 1.29 is 19.1 Å². The lowest BCUT2D eigenvalue weighted by molar-refractivity contribution is -0.155. The molecule has 130 valence electrons. The molecule has 0 bridgehead atoms. The Morgan fingerprint density at radius 3 is 2.46 bits per heavy atom. The average Bonchev–Trinajstić information content (AvgIpc) is 2.46. The van der Waals surface area contributed by atoms with Crippen molar-refractivity contribution in [3.05, 3.63) is 29.6 Å². The molecule has 0 saturated heterocycles. The Hall–Kier alpha value is -2.42. The van der Waals surface area contributed by atoms with E-state index < -0.39 is 17.5 Å². The molecule has 24 heavy (non-hydrogen) atoms. The van der Waals surface area contributed by atoms with Gasteiger partial charge < -0.3 is 9.47 Å². The van der Waals surface area contributed by atoms with Crippen LogP contribution in [-0.2, 0) is 14.3 Å². The smallest absolute Gasteiger partial charge is 0.339 e. The van der Waals surface area contributed by atoms with Crippen LogP contribution in [0.4, 0.5) is 0 Å². The fourth-order valence-electron chi connectivity index (χ4n) is 2.17. The number of esters is 2. The molecule has 6 heteroatoms. The summed E-state index contributed by atoms with van der Waals surface area (Å²) in [7, 11) is 0. The molecule has 0 N–H and O–H groups in total. The minimum absolute atomic E-state index is 0.122. The second kappa shape index (κ2) is 8.44. The summed E-state index contributed by atoms with van der Waals surface area (Å²) in [6.07, 6.45) is 1.51. The fraction of sp³-hybridized carbons (Fsp3) is 0.556. The molecular weight excluding hydrogens is 308 g/mol. The van der Waals surface area contributed by atoms with Gasteiger partial charge in [-0.05, 0) is 45.7 Å². The summed E-state index contributed by atoms with van der Waals surface area (Å²) < 4.78 is 10.2. The summed E-state index contributed by atoms with van der Waals surface area (Å²) in [4.78, 5) is 27.7. The molecule has 0 radical (unpaired) electrons. The van der Waals surface area contributed by atoms with Crippen molar-refractivity contribution in [3.8, 4) is 6.07 Å². The Labute approximate surface area is 142 Å². The van der Waals surface area contributed by atoms with E-state index in [0.717, 1.165) is 0 Å². The summed E-state index contributed by atoms with van der Waals surface area (Å²) in [6, 6.07) is 5.36. The van der Waals surface area contributed by atoms with E-state index in [9.17, 15) is 14.9 Å². The van der Waals surface area contributed by atoms with Gasteiger partial charge >= 0.3 is 11.9 Å². The van der Waals surface area contributed by atoms with Gasteiger partial charge in [0, 0.05) is 12.6 Å². The topological polar surface area (TPSA) is 89.3 Å². The van der Waals surface area contributed by atoms with E-state index in [4.69, 9.17) is 9.47 Å². The number of aromatic nitrogens is 1. The van der Waals surface area contributed by atoms with Gasteiger partial charge in [0.1, 0.15) is 5.60 Å². The Morgan fingerprint density at radius 2 is 2.00 bits per heavy atom. The normalized spacial score (nSPS) is 13.5. The molecule has 0 amide bonds. The van der Waals surface area contributed by atoms with Crippen molar-refractivity contribution in [3.63, 3.8) is 0 Å². The lowest BCUT2D eigenvalue weighted by atomic mass is 9.89. The van der Waals surface area contributed by atoms with Crippen LogP contribution < -0.4 is 0 Å². The molecule has 1 unspecified atom stereocenters. The zero-order valence-corrected chi connectivity index (χ0v) is 14.8. The first kappa shape index (κ1) is 19.6. The average molecular weight is 332 g/mol. The number of hydrogen-bond acceptors (Lipinski definition) is 6. The first-order valence-electron chi connectivity index (χ1n) is 7.92. The van der Waals surface area contributed by atoms with Crippen LogP contribution >= 0.6 is 0 Å². The maximum absolute atomic E-state index is 11.9. The highest BCUT2D eigenvalue weighted by Gasteiger charge is 2.26. The summed E-state index contributed by atoms with van der Waals surface area (Å²) in [5.41, 5.74) is 0.289. The first-order valence-corrected chi connectivity index (χ1v) is 7.92. The van der Waals surface area contributed by atoms with Gasteiger partial charge in [0.25, 0.3) is 0 Å². The molecule has 0 fully saturated rings. The third-order valence-corrected chi connectivity index (χ3v) is 3.23. The highest BCUT2D eigenvalue weighted by atomic mass is 16.6. The zero-order chi connectivity index (χ0) is 18.3. The highest BCUT2D eigenvalue weighted by molar-refractivity contribution is 5.88. The summed E-state index contributed by atoms with van der Waals surface area (Å²) in [5, 5.41) is 9.42. The van der Waals surface area contributed by atoms with Gasteiger partial charge in [-0.3, -0.25) is 9.78 Å². The highest BCUT2D eigenvalue weighted by Crippen LogP contribution is 2.26. The molecule has 0 aliphatic heterocycles. The number of rotatable bonds is 6. The Balaban J connectivity index is 2.80. The number of carbonyl (C=O) groups excluding carboxylic acids is 2. The third kappa shape index (κ3) is 5.99. The van der Waals surface area contributed by atoms with Gasteiger partial charge in [-0.15, -0.1) is 0 Å². The molecule has 1 rings (SSSR count). The molecule has 1 heterocycles. The van der Waals surface area contributed by atoms with E-state index in [-0.39, 0.29) is 24.9 Å². The van der Waals surface area contributed by atoms with Crippen LogP contribution in [0.3, 0.4) is 0 Å². The van der Waals surface area contributed by atoms with Crippen LogP contribution in [0.25, 0.3) is 0 Å². The largest absolute Gasteiger partial charge is 0.462 e. The van der Waals surface area contributed by atoms with Crippen molar-refractivity contribution in [2.75, 3.05) is 6.61 Å². The van der Waals surface area contributed by atoms with E-state index >= 15 is 0 Å². The molecule has 1 aromatic rings. The number of carbonyl (C=O) groups is 2. The lowest BCUT2D eigenvalue weighted by Crippen LogP contribution is -2.26. The van der Waals surface area contributed by atoms with Crippen LogP contribution in [0.2, 0.25) is 0 Å². The van der Waals surface area contributed by atoms with E-state index in [1.807, 2.05) is 0 Å². The third-order valence-electron chi connectivity index (χ3n) is 3.23. The van der Waals surface area contributed by atoms with E-state index in [1.54, 1.807) is 46.8 Å². The SMILES string of the molecule is CCOC(=O)c1ccc(C(C#N)[C@H](C)CC(=O)OC(C)(C)C)nc1. The van der Waals surface area contributed by atoms with E-state index in [2.05, 4.69) is 11.1 Å². The van der Waals surface area contributed by atoms with E-state index in [1.165, 1.54) is 6.20 Å². The standard InChI is InChI=1S/C18H24N2O4/c1-6-23-17(22)13-7-8-15(20-11-13)14(10-19)12(2)9-16(21)24-18(3,4)5/h7-8,11-12,14H,6,9H2,1-5H3/t12-,14?/m1/s1. The van der Waals surface area contributed by atoms with Crippen molar-refractivity contribution >= 4 is 11.9 Å². The maximum Gasteiger partial charge on any atom is 0.339 e. The molecule has 1 aromatic heterocycles. The van der Waals surface area contributed by atoms with Crippen LogP contribution in [0.5, 0.6) is 0 Å². The second-order valence-corrected chi connectivity index (χ2v) is 6.57. The van der Waals surface area contributed by atoms with Gasteiger partial charge in [0.2, 0.25) is 0 Å². The maximum atomic E-state index is 11.9. The molecule has 0 spiro atoms. The van der Waals surface area contributed by atoms with Gasteiger partial charge in [0.15, 0.2) is 0 Å². The minimum atomic E-state index is -0.561. The van der Waals surface area contributed by atoms with Gasteiger partial charge in [-0.1, -0.05) is 6.92 Å². The van der Waals surface area contributed by atoms with Crippen LogP contribution in [-0.4, -0.2) is 29.1 Å². The van der Waals surface area contributed by atoms with Crippen molar-refractivity contribution in [1.29, 1.82) is 5.26 Å². The monoisotopic (exact) mass is 332 g/mol. The Morgan fingerprint density at radius 1 is 1.33 bits per heavy atom. The molecule has 0 aromatic carbocycles. The van der Waals surface area contributed by atoms with Gasteiger partial charge in [-0.2, -0.15) is 5.26 Å². The summed E-state index contributed by atoms with van der Waals surface area (Å²) in [6.45, 7) is 9.21. The number of ether oxygens (including phenoxy) is 2. The number of nitrogens with zero attached hydrogens (tertiary/aromatic N) is 2. The molecule has 0 aliphatic carbocycles. The van der Waals surface area contributed by atoms with Crippen LogP contribution in [0, 0.1) is 17.2 Å². The lowest BCUT2D eigenvalue weighted by Gasteiger charge is -2.22. The van der Waals surface area contributed by atoms with Gasteiger partial charge in [-0.25, -0.2) is 4.79 Å². The quantitative estimate of drug-likeness (QED) is 0.743. The zero-order valence-electron chi connectivity index (χ0n) is 14.8. The number of hydrogen-bond donors (Lipinski definition) is 0. The number of pyridine rings is 1. The summed E-state index contributed by atoms with van der Waals surface area (Å²) >= 11 is 0. The molecule has 0 saturated carbocycles. The second-order valence-electron chi connectivity index (χ2n) is 6.57. The summed E-state index contributed by atoms with van der Waals surface area (Å²) in [5.74, 6) is -1.62. The van der Waals surface area contributed by atoms with Crippen LogP contribution in [0.1, 0.15) is 63.0 Å². The predicted molar refractivity (Wildman–Crippen MR) is 88.2 cm³/mol. The Bertz CT molecular complexity index is 611. The Kier molecular flexibility index (Phi) is 6.90. The number of nitriles is 1. The molecule has 0 aliphatic rings. The van der Waals surface area contributed by atoms with Gasteiger partial charge in [0.05, 0.1) is 29.9 Å². The predicted octanol–water partition coefficient (Wildman–Crippen LogP) is 3.23. The van der Waals surface area contributed by atoms with Crippen molar-refractivity contribution in [1.82, 2.24) is 4.98 Å². The first-order chi connectivity index (χ1) is 11.2. The fourth-order valence-corrected chi connectivity index (χ4v) is 2.17. The minimum Gasteiger partial charge on any atom is -0.462 e. The molecule has 2 atom stereocenters.